The van der Waals surface area contributed by atoms with Crippen molar-refractivity contribution in [2.45, 2.75) is 19.5 Å². The first-order valence-corrected chi connectivity index (χ1v) is 6.21. The zero-order chi connectivity index (χ0) is 13.7. The molecule has 0 unspecified atom stereocenters. The highest BCUT2D eigenvalue weighted by Gasteiger charge is 2.07. The summed E-state index contributed by atoms with van der Waals surface area (Å²) in [5, 5.41) is 12.9. The Balaban J connectivity index is 1.99. The molecule has 19 heavy (non-hydrogen) atoms. The standard InChI is InChI=1S/C15H18N2O2/c1-11(13-5-3-4-8-16-13)17-10-12-6-7-14(18)15(9-12)19-2/h3-9,11,17-18H,10H2,1-2H3/t11-/m0/s1. The Bertz CT molecular complexity index is 529. The lowest BCUT2D eigenvalue weighted by molar-refractivity contribution is 0.372. The average molecular weight is 258 g/mol. The highest BCUT2D eigenvalue weighted by atomic mass is 16.5. The number of pyridine rings is 1. The number of benzene rings is 1. The van der Waals surface area contributed by atoms with E-state index in [-0.39, 0.29) is 11.8 Å². The number of methoxy groups -OCH3 is 1. The number of hydrogen-bond acceptors (Lipinski definition) is 4. The summed E-state index contributed by atoms with van der Waals surface area (Å²) >= 11 is 0. The van der Waals surface area contributed by atoms with Crippen molar-refractivity contribution >= 4 is 0 Å². The summed E-state index contributed by atoms with van der Waals surface area (Å²) in [6.45, 7) is 2.76. The zero-order valence-electron chi connectivity index (χ0n) is 11.1. The van der Waals surface area contributed by atoms with Gasteiger partial charge in [0, 0.05) is 18.8 Å². The van der Waals surface area contributed by atoms with Gasteiger partial charge in [0.1, 0.15) is 0 Å². The first kappa shape index (κ1) is 13.4. The fourth-order valence-electron chi connectivity index (χ4n) is 1.84. The van der Waals surface area contributed by atoms with Crippen LogP contribution in [0.2, 0.25) is 0 Å². The van der Waals surface area contributed by atoms with E-state index in [1.807, 2.05) is 30.3 Å². The SMILES string of the molecule is COc1cc(CN[C@@H](C)c2ccccn2)ccc1O. The molecule has 0 saturated carbocycles. The van der Waals surface area contributed by atoms with Crippen molar-refractivity contribution in [3.8, 4) is 11.5 Å². The summed E-state index contributed by atoms with van der Waals surface area (Å²) in [4.78, 5) is 4.31. The number of phenolic OH excluding ortho intramolecular Hbond substituents is 1. The van der Waals surface area contributed by atoms with Crippen LogP contribution in [0.1, 0.15) is 24.2 Å². The summed E-state index contributed by atoms with van der Waals surface area (Å²) in [6.07, 6.45) is 1.79. The van der Waals surface area contributed by atoms with Gasteiger partial charge in [0.25, 0.3) is 0 Å². The lowest BCUT2D eigenvalue weighted by Crippen LogP contribution is -2.18. The quantitative estimate of drug-likeness (QED) is 0.865. The molecule has 0 fully saturated rings. The van der Waals surface area contributed by atoms with Gasteiger partial charge >= 0.3 is 0 Å². The van der Waals surface area contributed by atoms with Gasteiger partial charge in [-0.1, -0.05) is 12.1 Å². The summed E-state index contributed by atoms with van der Waals surface area (Å²) in [5.74, 6) is 0.647. The molecule has 0 bridgehead atoms. The molecule has 1 atom stereocenters. The van der Waals surface area contributed by atoms with Gasteiger partial charge in [-0.3, -0.25) is 4.98 Å². The Morgan fingerprint density at radius 2 is 2.16 bits per heavy atom. The van der Waals surface area contributed by atoms with E-state index < -0.39 is 0 Å². The monoisotopic (exact) mass is 258 g/mol. The van der Waals surface area contributed by atoms with E-state index in [1.165, 1.54) is 0 Å². The van der Waals surface area contributed by atoms with Gasteiger partial charge in [-0.15, -0.1) is 0 Å². The second kappa shape index (κ2) is 6.20. The molecule has 4 heteroatoms. The Hall–Kier alpha value is -2.07. The molecule has 0 aliphatic carbocycles. The van der Waals surface area contributed by atoms with Crippen molar-refractivity contribution in [2.75, 3.05) is 7.11 Å². The normalized spacial score (nSPS) is 12.1. The number of hydrogen-bond donors (Lipinski definition) is 2. The molecule has 0 amide bonds. The van der Waals surface area contributed by atoms with Crippen LogP contribution in [0.4, 0.5) is 0 Å². The number of nitrogens with zero attached hydrogens (tertiary/aromatic N) is 1. The minimum Gasteiger partial charge on any atom is -0.504 e. The topological polar surface area (TPSA) is 54.4 Å². The van der Waals surface area contributed by atoms with E-state index in [1.54, 1.807) is 19.4 Å². The molecular weight excluding hydrogens is 240 g/mol. The van der Waals surface area contributed by atoms with Crippen molar-refractivity contribution in [3.63, 3.8) is 0 Å². The lowest BCUT2D eigenvalue weighted by atomic mass is 10.1. The molecule has 1 heterocycles. The third-order valence-corrected chi connectivity index (χ3v) is 2.99. The largest absolute Gasteiger partial charge is 0.504 e. The number of aromatic hydroxyl groups is 1. The number of aromatic nitrogens is 1. The Morgan fingerprint density at radius 1 is 1.32 bits per heavy atom. The van der Waals surface area contributed by atoms with Gasteiger partial charge in [0.15, 0.2) is 11.5 Å². The lowest BCUT2D eigenvalue weighted by Gasteiger charge is -2.14. The number of ether oxygens (including phenoxy) is 1. The average Bonchev–Trinajstić information content (AvgIpc) is 2.47. The molecule has 4 nitrogen and oxygen atoms in total. The Morgan fingerprint density at radius 3 is 2.84 bits per heavy atom. The predicted molar refractivity (Wildman–Crippen MR) is 74.2 cm³/mol. The molecule has 1 aromatic heterocycles. The summed E-state index contributed by atoms with van der Waals surface area (Å²) in [7, 11) is 1.54. The summed E-state index contributed by atoms with van der Waals surface area (Å²) in [5.41, 5.74) is 2.06. The predicted octanol–water partition coefficient (Wildman–Crippen LogP) is 2.65. The number of nitrogens with one attached hydrogen (secondary N) is 1. The molecule has 0 aliphatic heterocycles. The van der Waals surface area contributed by atoms with Crippen LogP contribution < -0.4 is 10.1 Å². The molecule has 0 radical (unpaired) electrons. The van der Waals surface area contributed by atoms with Gasteiger partial charge in [-0.2, -0.15) is 0 Å². The maximum atomic E-state index is 9.53. The Kier molecular flexibility index (Phi) is 4.36. The molecule has 0 spiro atoms. The van der Waals surface area contributed by atoms with Crippen molar-refractivity contribution in [2.24, 2.45) is 0 Å². The van der Waals surface area contributed by atoms with Gasteiger partial charge in [-0.25, -0.2) is 0 Å². The number of phenols is 1. The zero-order valence-corrected chi connectivity index (χ0v) is 11.1. The van der Waals surface area contributed by atoms with E-state index in [4.69, 9.17) is 4.74 Å². The first-order valence-electron chi connectivity index (χ1n) is 6.21. The van der Waals surface area contributed by atoms with Crippen LogP contribution in [0.3, 0.4) is 0 Å². The maximum absolute atomic E-state index is 9.53. The molecule has 100 valence electrons. The molecule has 0 saturated heterocycles. The second-order valence-electron chi connectivity index (χ2n) is 4.36. The van der Waals surface area contributed by atoms with Crippen LogP contribution >= 0.6 is 0 Å². The van der Waals surface area contributed by atoms with Crippen LogP contribution in [-0.2, 0) is 6.54 Å². The molecular formula is C15H18N2O2. The van der Waals surface area contributed by atoms with E-state index in [2.05, 4.69) is 17.2 Å². The van der Waals surface area contributed by atoms with Crippen LogP contribution in [-0.4, -0.2) is 17.2 Å². The first-order chi connectivity index (χ1) is 9.20. The van der Waals surface area contributed by atoms with Crippen LogP contribution in [0.25, 0.3) is 0 Å². The van der Waals surface area contributed by atoms with E-state index in [0.717, 1.165) is 11.3 Å². The van der Waals surface area contributed by atoms with Crippen molar-refractivity contribution in [3.05, 3.63) is 53.9 Å². The minimum atomic E-state index is 0.157. The minimum absolute atomic E-state index is 0.157. The third-order valence-electron chi connectivity index (χ3n) is 2.99. The highest BCUT2D eigenvalue weighted by Crippen LogP contribution is 2.26. The van der Waals surface area contributed by atoms with Crippen molar-refractivity contribution in [1.82, 2.24) is 10.3 Å². The molecule has 0 aliphatic rings. The van der Waals surface area contributed by atoms with Crippen LogP contribution in [0.5, 0.6) is 11.5 Å². The third kappa shape index (κ3) is 3.45. The maximum Gasteiger partial charge on any atom is 0.160 e. The van der Waals surface area contributed by atoms with E-state index in [9.17, 15) is 5.11 Å². The molecule has 1 aromatic carbocycles. The highest BCUT2D eigenvalue weighted by molar-refractivity contribution is 5.41. The second-order valence-corrected chi connectivity index (χ2v) is 4.36. The smallest absolute Gasteiger partial charge is 0.160 e. The Labute approximate surface area is 113 Å². The number of rotatable bonds is 5. The van der Waals surface area contributed by atoms with Crippen molar-refractivity contribution < 1.29 is 9.84 Å². The summed E-state index contributed by atoms with van der Waals surface area (Å²) < 4.78 is 5.09. The molecule has 2 aromatic rings. The summed E-state index contributed by atoms with van der Waals surface area (Å²) in [6, 6.07) is 11.4. The molecule has 2 rings (SSSR count). The van der Waals surface area contributed by atoms with Gasteiger partial charge < -0.3 is 15.2 Å². The van der Waals surface area contributed by atoms with Gasteiger partial charge in [0.2, 0.25) is 0 Å². The molecule has 2 N–H and O–H groups in total. The van der Waals surface area contributed by atoms with Gasteiger partial charge in [0.05, 0.1) is 12.8 Å². The van der Waals surface area contributed by atoms with Crippen LogP contribution in [0.15, 0.2) is 42.6 Å². The van der Waals surface area contributed by atoms with Crippen LogP contribution in [0, 0.1) is 0 Å². The fourth-order valence-corrected chi connectivity index (χ4v) is 1.84. The van der Waals surface area contributed by atoms with Crippen molar-refractivity contribution in [1.29, 1.82) is 0 Å². The fraction of sp³-hybridized carbons (Fsp3) is 0.267. The van der Waals surface area contributed by atoms with E-state index >= 15 is 0 Å². The van der Waals surface area contributed by atoms with E-state index in [0.29, 0.717) is 12.3 Å². The van der Waals surface area contributed by atoms with Gasteiger partial charge in [-0.05, 0) is 36.8 Å².